The van der Waals surface area contributed by atoms with Crippen LogP contribution in [0.3, 0.4) is 0 Å². The number of piperazine rings is 1. The van der Waals surface area contributed by atoms with Crippen molar-refractivity contribution >= 4 is 15.9 Å². The molecule has 1 saturated heterocycles. The Labute approximate surface area is 158 Å². The number of H-pyrrole nitrogens is 1. The average Bonchev–Trinajstić information content (AvgIpc) is 2.67. The Bertz CT molecular complexity index is 1040. The van der Waals surface area contributed by atoms with Gasteiger partial charge in [0.2, 0.25) is 10.0 Å². The van der Waals surface area contributed by atoms with Gasteiger partial charge in [0.05, 0.1) is 10.5 Å². The van der Waals surface area contributed by atoms with Crippen molar-refractivity contribution in [2.45, 2.75) is 11.1 Å². The van der Waals surface area contributed by atoms with Crippen molar-refractivity contribution in [1.29, 1.82) is 0 Å². The minimum atomic E-state index is -4.81. The Morgan fingerprint density at radius 2 is 1.64 bits per heavy atom. The zero-order valence-corrected chi connectivity index (χ0v) is 15.3. The summed E-state index contributed by atoms with van der Waals surface area (Å²) < 4.78 is 65.9. The minimum absolute atomic E-state index is 0.0411. The number of carbonyl (C=O) groups is 1. The number of sulfonamides is 1. The molecule has 1 aromatic heterocycles. The van der Waals surface area contributed by atoms with Gasteiger partial charge in [-0.2, -0.15) is 17.5 Å². The Hall–Kier alpha value is -2.66. The molecule has 1 amide bonds. The lowest BCUT2D eigenvalue weighted by Gasteiger charge is -2.34. The normalized spacial score (nSPS) is 16.2. The molecule has 2 heterocycles. The van der Waals surface area contributed by atoms with Crippen LogP contribution in [0.2, 0.25) is 0 Å². The van der Waals surface area contributed by atoms with Gasteiger partial charge in [-0.05, 0) is 24.3 Å². The Morgan fingerprint density at radius 1 is 1.00 bits per heavy atom. The van der Waals surface area contributed by atoms with E-state index >= 15 is 0 Å². The molecule has 0 bridgehead atoms. The smallest absolute Gasteiger partial charge is 0.336 e. The van der Waals surface area contributed by atoms with Crippen molar-refractivity contribution in [3.05, 3.63) is 64.1 Å². The molecule has 0 atom stereocenters. The first-order valence-electron chi connectivity index (χ1n) is 8.26. The van der Waals surface area contributed by atoms with Crippen LogP contribution in [0, 0.1) is 0 Å². The first-order valence-corrected chi connectivity index (χ1v) is 9.70. The summed E-state index contributed by atoms with van der Waals surface area (Å²) in [7, 11) is -4.39. The summed E-state index contributed by atoms with van der Waals surface area (Å²) in [4.78, 5) is 27.0. The second-order valence-corrected chi connectivity index (χ2v) is 8.01. The Kier molecular flexibility index (Phi) is 5.31. The van der Waals surface area contributed by atoms with Gasteiger partial charge in [0.15, 0.2) is 0 Å². The molecule has 28 heavy (non-hydrogen) atoms. The molecule has 1 fully saturated rings. The van der Waals surface area contributed by atoms with Gasteiger partial charge in [-0.15, -0.1) is 0 Å². The highest BCUT2D eigenvalue weighted by Gasteiger charge is 2.39. The zero-order valence-electron chi connectivity index (χ0n) is 14.4. The Balaban J connectivity index is 1.79. The number of alkyl halides is 3. The van der Waals surface area contributed by atoms with Crippen LogP contribution in [0.1, 0.15) is 15.9 Å². The van der Waals surface area contributed by atoms with Crippen LogP contribution in [0.4, 0.5) is 13.2 Å². The number of aromatic nitrogens is 1. The molecule has 7 nitrogen and oxygen atoms in total. The monoisotopic (exact) mass is 415 g/mol. The molecule has 0 saturated carbocycles. The number of nitrogens with zero attached hydrogens (tertiary/aromatic N) is 2. The van der Waals surface area contributed by atoms with E-state index in [1.54, 1.807) is 0 Å². The van der Waals surface area contributed by atoms with Crippen molar-refractivity contribution in [3.63, 3.8) is 0 Å². The van der Waals surface area contributed by atoms with E-state index in [4.69, 9.17) is 0 Å². The van der Waals surface area contributed by atoms with E-state index in [0.717, 1.165) is 16.4 Å². The van der Waals surface area contributed by atoms with Crippen LogP contribution >= 0.6 is 0 Å². The number of aromatic amines is 1. The Morgan fingerprint density at radius 3 is 2.25 bits per heavy atom. The molecular weight excluding hydrogens is 399 g/mol. The third-order valence-electron chi connectivity index (χ3n) is 4.38. The standard InChI is InChI=1S/C17H16F3N3O4S/c18-17(19,20)13-5-1-2-6-14(13)28(26,27)23-10-8-22(9-11-23)16(25)12-4-3-7-21-15(12)24/h1-7H,8-11H2,(H,21,24). The number of rotatable bonds is 3. The van der Waals surface area contributed by atoms with Crippen LogP contribution in [0.5, 0.6) is 0 Å². The van der Waals surface area contributed by atoms with Gasteiger partial charge in [-0.3, -0.25) is 9.59 Å². The number of nitrogens with one attached hydrogen (secondary N) is 1. The average molecular weight is 415 g/mol. The molecule has 11 heteroatoms. The summed E-state index contributed by atoms with van der Waals surface area (Å²) in [6.45, 7) is -0.433. The number of hydrogen-bond acceptors (Lipinski definition) is 4. The maximum Gasteiger partial charge on any atom is 0.417 e. The fourth-order valence-corrected chi connectivity index (χ4v) is 4.59. The van der Waals surface area contributed by atoms with Crippen LogP contribution in [-0.2, 0) is 16.2 Å². The van der Waals surface area contributed by atoms with E-state index in [2.05, 4.69) is 4.98 Å². The van der Waals surface area contributed by atoms with Gasteiger partial charge in [0.1, 0.15) is 5.56 Å². The number of benzene rings is 1. The molecule has 2 aromatic rings. The zero-order chi connectivity index (χ0) is 20.5. The summed E-state index contributed by atoms with van der Waals surface area (Å²) in [5.74, 6) is -0.561. The molecule has 1 aromatic carbocycles. The van der Waals surface area contributed by atoms with Crippen molar-refractivity contribution in [2.24, 2.45) is 0 Å². The van der Waals surface area contributed by atoms with E-state index in [-0.39, 0.29) is 31.7 Å². The predicted molar refractivity (Wildman–Crippen MR) is 93.2 cm³/mol. The van der Waals surface area contributed by atoms with E-state index in [1.165, 1.54) is 29.3 Å². The van der Waals surface area contributed by atoms with Crippen LogP contribution in [0.25, 0.3) is 0 Å². The van der Waals surface area contributed by atoms with Crippen molar-refractivity contribution < 1.29 is 26.4 Å². The van der Waals surface area contributed by atoms with Gasteiger partial charge < -0.3 is 9.88 Å². The molecule has 0 radical (unpaired) electrons. The molecule has 3 rings (SSSR count). The van der Waals surface area contributed by atoms with E-state index in [1.807, 2.05) is 0 Å². The molecule has 150 valence electrons. The quantitative estimate of drug-likeness (QED) is 0.824. The first-order chi connectivity index (χ1) is 13.1. The number of amides is 1. The largest absolute Gasteiger partial charge is 0.417 e. The van der Waals surface area contributed by atoms with Crippen molar-refractivity contribution in [2.75, 3.05) is 26.2 Å². The lowest BCUT2D eigenvalue weighted by atomic mass is 10.2. The summed E-state index contributed by atoms with van der Waals surface area (Å²) in [5, 5.41) is 0. The van der Waals surface area contributed by atoms with E-state index in [9.17, 15) is 31.2 Å². The second kappa shape index (κ2) is 7.40. The highest BCUT2D eigenvalue weighted by Crippen LogP contribution is 2.35. The maximum absolute atomic E-state index is 13.2. The molecule has 1 aliphatic heterocycles. The highest BCUT2D eigenvalue weighted by molar-refractivity contribution is 7.89. The summed E-state index contributed by atoms with van der Waals surface area (Å²) in [5.41, 5.74) is -1.88. The number of pyridine rings is 1. The van der Waals surface area contributed by atoms with E-state index in [0.29, 0.717) is 6.07 Å². The number of carbonyl (C=O) groups excluding carboxylic acids is 1. The lowest BCUT2D eigenvalue weighted by Crippen LogP contribution is -2.51. The number of halogens is 3. The highest BCUT2D eigenvalue weighted by atomic mass is 32.2. The van der Waals surface area contributed by atoms with E-state index < -0.39 is 38.1 Å². The molecule has 0 aliphatic carbocycles. The van der Waals surface area contributed by atoms with Gasteiger partial charge in [0.25, 0.3) is 11.5 Å². The fourth-order valence-electron chi connectivity index (χ4n) is 2.96. The fraction of sp³-hybridized carbons (Fsp3) is 0.294. The molecular formula is C17H16F3N3O4S. The maximum atomic E-state index is 13.2. The predicted octanol–water partition coefficient (Wildman–Crippen LogP) is 1.54. The second-order valence-electron chi connectivity index (χ2n) is 6.10. The number of hydrogen-bond donors (Lipinski definition) is 1. The SMILES string of the molecule is O=C(c1ccc[nH]c1=O)N1CCN(S(=O)(=O)c2ccccc2C(F)(F)F)CC1. The molecule has 0 spiro atoms. The van der Waals surface area contributed by atoms with Gasteiger partial charge >= 0.3 is 6.18 Å². The topological polar surface area (TPSA) is 90.6 Å². The van der Waals surface area contributed by atoms with Gasteiger partial charge in [-0.25, -0.2) is 8.42 Å². The van der Waals surface area contributed by atoms with Crippen molar-refractivity contribution in [1.82, 2.24) is 14.2 Å². The van der Waals surface area contributed by atoms with Gasteiger partial charge in [0, 0.05) is 32.4 Å². The summed E-state index contributed by atoms with van der Waals surface area (Å²) >= 11 is 0. The minimum Gasteiger partial charge on any atom is -0.336 e. The van der Waals surface area contributed by atoms with Crippen LogP contribution in [0.15, 0.2) is 52.3 Å². The first kappa shape index (κ1) is 20.1. The van der Waals surface area contributed by atoms with Gasteiger partial charge in [-0.1, -0.05) is 12.1 Å². The van der Waals surface area contributed by atoms with Crippen molar-refractivity contribution in [3.8, 4) is 0 Å². The molecule has 0 unspecified atom stereocenters. The molecule has 1 aliphatic rings. The van der Waals surface area contributed by atoms with Crippen LogP contribution < -0.4 is 5.56 Å². The van der Waals surface area contributed by atoms with Crippen LogP contribution in [-0.4, -0.2) is 54.7 Å². The lowest BCUT2D eigenvalue weighted by molar-refractivity contribution is -0.139. The summed E-state index contributed by atoms with van der Waals surface area (Å²) in [6.07, 6.45) is -3.43. The summed E-state index contributed by atoms with van der Waals surface area (Å²) in [6, 6.07) is 6.82. The molecule has 1 N–H and O–H groups in total. The third kappa shape index (κ3) is 3.80. The third-order valence-corrected chi connectivity index (χ3v) is 6.34.